The van der Waals surface area contributed by atoms with Gasteiger partial charge >= 0.3 is 17.9 Å². The Morgan fingerprint density at radius 1 is 0.256 bits per heavy atom. The fourth-order valence-corrected chi connectivity index (χ4v) is 8.55. The zero-order valence-electron chi connectivity index (χ0n) is 52.7. The summed E-state index contributed by atoms with van der Waals surface area (Å²) in [6, 6.07) is 0. The van der Waals surface area contributed by atoms with Gasteiger partial charge in [0, 0.05) is 19.3 Å². The topological polar surface area (TPSA) is 78.9 Å². The Morgan fingerprint density at radius 2 is 0.488 bits per heavy atom. The van der Waals surface area contributed by atoms with Crippen molar-refractivity contribution in [2.75, 3.05) is 13.2 Å². The molecule has 1 unspecified atom stereocenters. The second kappa shape index (κ2) is 68.3. The summed E-state index contributed by atoms with van der Waals surface area (Å²) >= 11 is 0. The third kappa shape index (κ3) is 65.6. The summed E-state index contributed by atoms with van der Waals surface area (Å²) in [4.78, 5) is 38.4. The summed E-state index contributed by atoms with van der Waals surface area (Å²) in [5.41, 5.74) is 0. The van der Waals surface area contributed by atoms with Crippen LogP contribution in [0.3, 0.4) is 0 Å². The predicted octanol–water partition coefficient (Wildman–Crippen LogP) is 23.0. The maximum atomic E-state index is 12.9. The van der Waals surface area contributed by atoms with Crippen LogP contribution in [0.25, 0.3) is 0 Å². The number of allylic oxidation sites excluding steroid dienone is 28. The fraction of sp³-hybridized carbons (Fsp3) is 0.592. The molecule has 0 aromatic carbocycles. The largest absolute Gasteiger partial charge is 0.462 e. The van der Waals surface area contributed by atoms with Crippen LogP contribution in [0.15, 0.2) is 170 Å². The van der Waals surface area contributed by atoms with Crippen molar-refractivity contribution in [2.24, 2.45) is 0 Å². The SMILES string of the molecule is CC/C=C\C/C=C\C/C=C\C/C=C\C/C=C\C/C=C\C/C=C\C/C=C\C/C=C\CCCC(=O)OCC(COC(=O)CCCCCCCCC/C=C\C/C=C\C/C=C\CC)OC(=O)CCCCCCCCC/C=C\C/C=C\CCCCCC. The molecule has 0 saturated carbocycles. The quantitative estimate of drug-likeness (QED) is 0.0261. The van der Waals surface area contributed by atoms with E-state index in [1.54, 1.807) is 0 Å². The van der Waals surface area contributed by atoms with Gasteiger partial charge in [-0.05, 0) is 148 Å². The molecule has 0 spiro atoms. The maximum absolute atomic E-state index is 12.9. The highest BCUT2D eigenvalue weighted by Crippen LogP contribution is 2.14. The van der Waals surface area contributed by atoms with Crippen molar-refractivity contribution in [3.8, 4) is 0 Å². The number of rotatable bonds is 58. The molecule has 6 nitrogen and oxygen atoms in total. The van der Waals surface area contributed by atoms with Gasteiger partial charge < -0.3 is 14.2 Å². The van der Waals surface area contributed by atoms with Crippen molar-refractivity contribution >= 4 is 17.9 Å². The molecule has 0 amide bonds. The average Bonchev–Trinajstić information content (AvgIpc) is 3.47. The number of hydrogen-bond acceptors (Lipinski definition) is 6. The van der Waals surface area contributed by atoms with Crippen molar-refractivity contribution in [1.29, 1.82) is 0 Å². The van der Waals surface area contributed by atoms with E-state index in [2.05, 4.69) is 191 Å². The molecule has 0 heterocycles. The summed E-state index contributed by atoms with van der Waals surface area (Å²) in [5, 5.41) is 0. The molecular weight excluding hydrogens is 1010 g/mol. The van der Waals surface area contributed by atoms with E-state index in [1.165, 1.54) is 83.5 Å². The van der Waals surface area contributed by atoms with Crippen LogP contribution in [-0.4, -0.2) is 37.2 Å². The lowest BCUT2D eigenvalue weighted by Gasteiger charge is -2.18. The molecule has 0 bridgehead atoms. The molecule has 0 rings (SSSR count). The number of hydrogen-bond donors (Lipinski definition) is 0. The number of carbonyl (C=O) groups is 3. The van der Waals surface area contributed by atoms with E-state index in [1.807, 2.05) is 0 Å². The summed E-state index contributed by atoms with van der Waals surface area (Å²) in [6.45, 7) is 6.34. The number of esters is 3. The smallest absolute Gasteiger partial charge is 0.306 e. The van der Waals surface area contributed by atoms with Crippen LogP contribution in [0, 0.1) is 0 Å². The highest BCUT2D eigenvalue weighted by Gasteiger charge is 2.19. The van der Waals surface area contributed by atoms with Crippen LogP contribution in [0.2, 0.25) is 0 Å². The number of unbranched alkanes of at least 4 members (excludes halogenated alkanes) is 19. The van der Waals surface area contributed by atoms with Gasteiger partial charge in [-0.3, -0.25) is 14.4 Å². The Bertz CT molecular complexity index is 1870. The molecule has 1 atom stereocenters. The Labute approximate surface area is 504 Å². The first-order chi connectivity index (χ1) is 40.5. The second-order valence-electron chi connectivity index (χ2n) is 21.3. The third-order valence-corrected chi connectivity index (χ3v) is 13.4. The van der Waals surface area contributed by atoms with Gasteiger partial charge in [-0.2, -0.15) is 0 Å². The van der Waals surface area contributed by atoms with Crippen LogP contribution in [0.4, 0.5) is 0 Å². The molecule has 0 aliphatic rings. The molecule has 6 heteroatoms. The van der Waals surface area contributed by atoms with Gasteiger partial charge in [-0.25, -0.2) is 0 Å². The van der Waals surface area contributed by atoms with Crippen molar-refractivity contribution in [3.05, 3.63) is 170 Å². The van der Waals surface area contributed by atoms with Crippen LogP contribution in [0.1, 0.15) is 271 Å². The number of carbonyl (C=O) groups excluding carboxylic acids is 3. The predicted molar refractivity (Wildman–Crippen MR) is 357 cm³/mol. The van der Waals surface area contributed by atoms with Crippen molar-refractivity contribution in [1.82, 2.24) is 0 Å². The fourth-order valence-electron chi connectivity index (χ4n) is 8.55. The summed E-state index contributed by atoms with van der Waals surface area (Å²) in [7, 11) is 0. The average molecular weight is 1130 g/mol. The molecule has 0 N–H and O–H groups in total. The highest BCUT2D eigenvalue weighted by atomic mass is 16.6. The summed E-state index contributed by atoms with van der Waals surface area (Å²) in [5.74, 6) is -0.993. The van der Waals surface area contributed by atoms with Gasteiger partial charge in [0.25, 0.3) is 0 Å². The Kier molecular flexibility index (Phi) is 63.9. The molecular formula is C76H120O6. The zero-order valence-corrected chi connectivity index (χ0v) is 52.7. The van der Waals surface area contributed by atoms with E-state index in [0.717, 1.165) is 141 Å². The summed E-state index contributed by atoms with van der Waals surface area (Å²) in [6.07, 6.45) is 101. The molecule has 0 aliphatic carbocycles. The van der Waals surface area contributed by atoms with E-state index < -0.39 is 6.10 Å². The van der Waals surface area contributed by atoms with E-state index >= 15 is 0 Å². The molecule has 0 aromatic heterocycles. The summed E-state index contributed by atoms with van der Waals surface area (Å²) < 4.78 is 16.9. The normalized spacial score (nSPS) is 13.3. The Balaban J connectivity index is 4.51. The van der Waals surface area contributed by atoms with Crippen molar-refractivity contribution < 1.29 is 28.6 Å². The first-order valence-electron chi connectivity index (χ1n) is 33.1. The maximum Gasteiger partial charge on any atom is 0.306 e. The molecule has 82 heavy (non-hydrogen) atoms. The molecule has 0 aromatic rings. The van der Waals surface area contributed by atoms with Gasteiger partial charge in [-0.1, -0.05) is 274 Å². The second-order valence-corrected chi connectivity index (χ2v) is 21.3. The zero-order chi connectivity index (χ0) is 59.2. The van der Waals surface area contributed by atoms with Gasteiger partial charge in [0.15, 0.2) is 6.10 Å². The van der Waals surface area contributed by atoms with Gasteiger partial charge in [0.2, 0.25) is 0 Å². The van der Waals surface area contributed by atoms with Gasteiger partial charge in [-0.15, -0.1) is 0 Å². The van der Waals surface area contributed by atoms with Crippen LogP contribution < -0.4 is 0 Å². The number of ether oxygens (including phenoxy) is 3. The van der Waals surface area contributed by atoms with E-state index in [4.69, 9.17) is 14.2 Å². The van der Waals surface area contributed by atoms with Crippen LogP contribution in [0.5, 0.6) is 0 Å². The molecule has 0 aliphatic heterocycles. The van der Waals surface area contributed by atoms with Gasteiger partial charge in [0.05, 0.1) is 0 Å². The monoisotopic (exact) mass is 1130 g/mol. The minimum Gasteiger partial charge on any atom is -0.462 e. The Morgan fingerprint density at radius 3 is 0.793 bits per heavy atom. The standard InChI is InChI=1S/C76H120O6/c1-4-7-10-13-16-19-22-25-28-31-33-34-35-36-37-38-39-40-41-42-43-46-48-51-54-57-60-63-66-69-75(78)81-72-73(71-80-74(77)68-65-62-59-56-53-50-47-44-30-27-24-21-18-15-12-9-6-3)82-76(79)70-67-64-61-58-55-52-49-45-32-29-26-23-20-17-14-11-8-5-2/h7,9-10,12,16,18-21,23,25,27-30,32-34,36-37,39-40,42-43,48,51,57,60,73H,4-6,8,11,13-15,17,22,24,26,31,35,38,41,44-47,49-50,52-56,58-59,61-72H2,1-3H3/b10-7-,12-9-,19-16-,21-18-,23-20-,28-25-,30-27-,32-29-,34-33-,37-36-,40-39-,43-42-,51-48-,60-57-. The lowest BCUT2D eigenvalue weighted by Crippen LogP contribution is -2.30. The molecule has 460 valence electrons. The van der Waals surface area contributed by atoms with E-state index in [0.29, 0.717) is 19.3 Å². The van der Waals surface area contributed by atoms with Crippen molar-refractivity contribution in [3.63, 3.8) is 0 Å². The molecule has 0 saturated heterocycles. The lowest BCUT2D eigenvalue weighted by atomic mass is 10.1. The van der Waals surface area contributed by atoms with E-state index in [-0.39, 0.29) is 37.5 Å². The van der Waals surface area contributed by atoms with Crippen molar-refractivity contribution in [2.45, 2.75) is 277 Å². The third-order valence-electron chi connectivity index (χ3n) is 13.4. The Hall–Kier alpha value is -5.23. The first-order valence-corrected chi connectivity index (χ1v) is 33.1. The van der Waals surface area contributed by atoms with E-state index in [9.17, 15) is 14.4 Å². The van der Waals surface area contributed by atoms with Gasteiger partial charge in [0.1, 0.15) is 13.2 Å². The molecule has 0 fully saturated rings. The molecule has 0 radical (unpaired) electrons. The highest BCUT2D eigenvalue weighted by molar-refractivity contribution is 5.71. The first kappa shape index (κ1) is 76.8. The van der Waals surface area contributed by atoms with Crippen LogP contribution in [-0.2, 0) is 28.6 Å². The lowest BCUT2D eigenvalue weighted by molar-refractivity contribution is -0.167. The minimum atomic E-state index is -0.821. The minimum absolute atomic E-state index is 0.112. The van der Waals surface area contributed by atoms with Crippen LogP contribution >= 0.6 is 0 Å².